The highest BCUT2D eigenvalue weighted by molar-refractivity contribution is 4.71. The molecule has 0 amide bonds. The monoisotopic (exact) mass is 142 g/mol. The van der Waals surface area contributed by atoms with Gasteiger partial charge in [-0.25, -0.2) is 0 Å². The fourth-order valence-corrected chi connectivity index (χ4v) is 1.84. The molecule has 1 aliphatic rings. The minimum Gasteiger partial charge on any atom is -0.393 e. The van der Waals surface area contributed by atoms with Crippen LogP contribution in [0.2, 0.25) is 0 Å². The number of aliphatic hydroxyl groups excluding tert-OH is 1. The summed E-state index contributed by atoms with van der Waals surface area (Å²) in [6.45, 7) is 2.18. The van der Waals surface area contributed by atoms with E-state index in [0.717, 1.165) is 12.8 Å². The average Bonchev–Trinajstić information content (AvgIpc) is 2.13. The van der Waals surface area contributed by atoms with Gasteiger partial charge in [0.05, 0.1) is 6.10 Å². The van der Waals surface area contributed by atoms with Crippen molar-refractivity contribution in [2.24, 2.45) is 5.92 Å². The highest BCUT2D eigenvalue weighted by atomic mass is 16.3. The number of aliphatic hydroxyl groups is 1. The molecule has 0 radical (unpaired) electrons. The second-order valence-corrected chi connectivity index (χ2v) is 3.37. The first kappa shape index (κ1) is 8.06. The van der Waals surface area contributed by atoms with Crippen LogP contribution in [-0.4, -0.2) is 11.2 Å². The predicted octanol–water partition coefficient (Wildman–Crippen LogP) is 2.34. The van der Waals surface area contributed by atoms with Gasteiger partial charge in [-0.2, -0.15) is 0 Å². The van der Waals surface area contributed by atoms with Crippen LogP contribution in [0.15, 0.2) is 0 Å². The zero-order valence-electron chi connectivity index (χ0n) is 6.84. The molecule has 0 bridgehead atoms. The Morgan fingerprint density at radius 1 is 1.20 bits per heavy atom. The van der Waals surface area contributed by atoms with Gasteiger partial charge in [0.15, 0.2) is 0 Å². The summed E-state index contributed by atoms with van der Waals surface area (Å²) >= 11 is 0. The Kier molecular flexibility index (Phi) is 3.20. The lowest BCUT2D eigenvalue weighted by Crippen LogP contribution is -2.17. The molecule has 1 N–H and O–H groups in total. The predicted molar refractivity (Wildman–Crippen MR) is 42.9 cm³/mol. The maximum absolute atomic E-state index is 9.55. The van der Waals surface area contributed by atoms with Gasteiger partial charge >= 0.3 is 0 Å². The molecule has 0 spiro atoms. The first-order valence-electron chi connectivity index (χ1n) is 4.52. The van der Waals surface area contributed by atoms with Gasteiger partial charge in [-0.3, -0.25) is 0 Å². The van der Waals surface area contributed by atoms with Crippen LogP contribution in [0.1, 0.15) is 45.4 Å². The number of hydrogen-bond acceptors (Lipinski definition) is 1. The van der Waals surface area contributed by atoms with Crippen molar-refractivity contribution >= 4 is 0 Å². The van der Waals surface area contributed by atoms with Crippen molar-refractivity contribution in [2.75, 3.05) is 0 Å². The van der Waals surface area contributed by atoms with E-state index in [2.05, 4.69) is 6.92 Å². The fraction of sp³-hybridized carbons (Fsp3) is 1.00. The quantitative estimate of drug-likeness (QED) is 0.557. The summed E-state index contributed by atoms with van der Waals surface area (Å²) in [5, 5.41) is 9.55. The van der Waals surface area contributed by atoms with Crippen LogP contribution in [0.4, 0.5) is 0 Å². The van der Waals surface area contributed by atoms with E-state index in [-0.39, 0.29) is 6.10 Å². The van der Waals surface area contributed by atoms with Crippen LogP contribution < -0.4 is 0 Å². The Hall–Kier alpha value is -0.0400. The van der Waals surface area contributed by atoms with Crippen molar-refractivity contribution in [3.05, 3.63) is 0 Å². The molecule has 0 saturated heterocycles. The van der Waals surface area contributed by atoms with E-state index < -0.39 is 0 Å². The maximum Gasteiger partial charge on any atom is 0.0568 e. The van der Waals surface area contributed by atoms with Crippen molar-refractivity contribution in [3.8, 4) is 0 Å². The Balaban J connectivity index is 2.35. The van der Waals surface area contributed by atoms with E-state index in [1.54, 1.807) is 0 Å². The molecule has 0 aliphatic heterocycles. The Bertz CT molecular complexity index is 90.7. The molecule has 0 aromatic carbocycles. The third-order valence-electron chi connectivity index (χ3n) is 2.64. The van der Waals surface area contributed by atoms with Gasteiger partial charge in [0.2, 0.25) is 0 Å². The Morgan fingerprint density at radius 3 is 2.60 bits per heavy atom. The topological polar surface area (TPSA) is 20.2 Å². The van der Waals surface area contributed by atoms with Gasteiger partial charge in [0, 0.05) is 0 Å². The molecule has 1 aliphatic carbocycles. The molecule has 0 heterocycles. The molecule has 1 rings (SSSR count). The first-order valence-corrected chi connectivity index (χ1v) is 4.52. The Labute approximate surface area is 63.4 Å². The molecule has 1 saturated carbocycles. The molecule has 0 aromatic rings. The van der Waals surface area contributed by atoms with E-state index >= 15 is 0 Å². The standard InChI is InChI=1S/C9H18O/c1-2-8-6-4-3-5-7-9(8)10/h8-10H,2-7H2,1H3/t8-,9+/m1/s1. The normalized spacial score (nSPS) is 35.4. The van der Waals surface area contributed by atoms with Crippen molar-refractivity contribution in [1.82, 2.24) is 0 Å². The van der Waals surface area contributed by atoms with Gasteiger partial charge in [-0.15, -0.1) is 0 Å². The minimum absolute atomic E-state index is 0.00694. The van der Waals surface area contributed by atoms with Crippen LogP contribution in [0.5, 0.6) is 0 Å². The van der Waals surface area contributed by atoms with E-state index in [1.807, 2.05) is 0 Å². The smallest absolute Gasteiger partial charge is 0.0568 e. The third-order valence-corrected chi connectivity index (χ3v) is 2.64. The largest absolute Gasteiger partial charge is 0.393 e. The molecule has 1 fully saturated rings. The minimum atomic E-state index is 0.00694. The summed E-state index contributed by atoms with van der Waals surface area (Å²) in [4.78, 5) is 0. The second-order valence-electron chi connectivity index (χ2n) is 3.37. The van der Waals surface area contributed by atoms with Gasteiger partial charge in [0.1, 0.15) is 0 Å². The highest BCUT2D eigenvalue weighted by Crippen LogP contribution is 2.25. The van der Waals surface area contributed by atoms with Crippen LogP contribution in [0, 0.1) is 5.92 Å². The fourth-order valence-electron chi connectivity index (χ4n) is 1.84. The number of hydrogen-bond donors (Lipinski definition) is 1. The van der Waals surface area contributed by atoms with Crippen LogP contribution >= 0.6 is 0 Å². The van der Waals surface area contributed by atoms with Gasteiger partial charge in [-0.05, 0) is 18.8 Å². The van der Waals surface area contributed by atoms with E-state index in [1.165, 1.54) is 25.7 Å². The van der Waals surface area contributed by atoms with Crippen LogP contribution in [0.25, 0.3) is 0 Å². The van der Waals surface area contributed by atoms with Crippen molar-refractivity contribution in [2.45, 2.75) is 51.6 Å². The molecule has 1 heteroatoms. The molecule has 0 unspecified atom stereocenters. The van der Waals surface area contributed by atoms with Gasteiger partial charge in [0.25, 0.3) is 0 Å². The molecule has 0 aromatic heterocycles. The first-order chi connectivity index (χ1) is 4.84. The molecule has 10 heavy (non-hydrogen) atoms. The summed E-state index contributed by atoms with van der Waals surface area (Å²) in [5.41, 5.74) is 0. The molecular weight excluding hydrogens is 124 g/mol. The lowest BCUT2D eigenvalue weighted by Gasteiger charge is -2.17. The summed E-state index contributed by atoms with van der Waals surface area (Å²) in [6.07, 6.45) is 7.34. The van der Waals surface area contributed by atoms with Crippen LogP contribution in [-0.2, 0) is 0 Å². The molecule has 2 atom stereocenters. The average molecular weight is 142 g/mol. The zero-order chi connectivity index (χ0) is 7.40. The van der Waals surface area contributed by atoms with E-state index in [0.29, 0.717) is 5.92 Å². The number of rotatable bonds is 1. The molecule has 1 nitrogen and oxygen atoms in total. The third kappa shape index (κ3) is 1.98. The van der Waals surface area contributed by atoms with Gasteiger partial charge < -0.3 is 5.11 Å². The SMILES string of the molecule is CC[C@@H]1CCCCC[C@@H]1O. The van der Waals surface area contributed by atoms with Crippen molar-refractivity contribution in [1.29, 1.82) is 0 Å². The van der Waals surface area contributed by atoms with E-state index in [9.17, 15) is 5.11 Å². The second kappa shape index (κ2) is 3.97. The van der Waals surface area contributed by atoms with Gasteiger partial charge in [-0.1, -0.05) is 32.6 Å². The highest BCUT2D eigenvalue weighted by Gasteiger charge is 2.18. The lowest BCUT2D eigenvalue weighted by molar-refractivity contribution is 0.0985. The Morgan fingerprint density at radius 2 is 1.90 bits per heavy atom. The van der Waals surface area contributed by atoms with E-state index in [4.69, 9.17) is 0 Å². The summed E-state index contributed by atoms with van der Waals surface area (Å²) in [6, 6.07) is 0. The summed E-state index contributed by atoms with van der Waals surface area (Å²) in [7, 11) is 0. The van der Waals surface area contributed by atoms with Crippen molar-refractivity contribution in [3.63, 3.8) is 0 Å². The van der Waals surface area contributed by atoms with Crippen molar-refractivity contribution < 1.29 is 5.11 Å². The zero-order valence-corrected chi connectivity index (χ0v) is 6.84. The van der Waals surface area contributed by atoms with Crippen LogP contribution in [0.3, 0.4) is 0 Å². The molecular formula is C9H18O. The lowest BCUT2D eigenvalue weighted by atomic mass is 9.95. The molecule has 60 valence electrons. The summed E-state index contributed by atoms with van der Waals surface area (Å²) in [5.74, 6) is 0.600. The maximum atomic E-state index is 9.55. The summed E-state index contributed by atoms with van der Waals surface area (Å²) < 4.78 is 0.